The number of nitrogens with zero attached hydrogens (tertiary/aromatic N) is 2. The summed E-state index contributed by atoms with van der Waals surface area (Å²) in [5.74, 6) is -1.03. The minimum Gasteiger partial charge on any atom is -0.345 e. The van der Waals surface area contributed by atoms with Gasteiger partial charge in [-0.3, -0.25) is 9.59 Å². The van der Waals surface area contributed by atoms with Crippen LogP contribution in [0.15, 0.2) is 24.3 Å². The first kappa shape index (κ1) is 16.8. The Morgan fingerprint density at radius 1 is 1.36 bits per heavy atom. The number of para-hydroxylation sites is 1. The van der Waals surface area contributed by atoms with E-state index in [-0.39, 0.29) is 36.5 Å². The molecule has 0 spiro atoms. The molecule has 0 aliphatic carbocycles. The van der Waals surface area contributed by atoms with Crippen molar-refractivity contribution in [2.24, 2.45) is 5.92 Å². The summed E-state index contributed by atoms with van der Waals surface area (Å²) in [7, 11) is 4.87. The fraction of sp³-hybridized carbons (Fsp3) is 0.429. The second-order valence-corrected chi connectivity index (χ2v) is 8.32. The highest BCUT2D eigenvalue weighted by Gasteiger charge is 2.34. The number of hydrogen-bond donors (Lipinski definition) is 0. The van der Waals surface area contributed by atoms with Crippen LogP contribution in [0.5, 0.6) is 0 Å². The van der Waals surface area contributed by atoms with E-state index >= 15 is 0 Å². The van der Waals surface area contributed by atoms with Gasteiger partial charge in [0.05, 0.1) is 17.0 Å². The normalized spacial score (nSPS) is 18.6. The van der Waals surface area contributed by atoms with Crippen LogP contribution in [0.1, 0.15) is 16.8 Å². The molecule has 0 aromatic heterocycles. The highest BCUT2D eigenvalue weighted by Crippen LogP contribution is 2.29. The number of benzene rings is 1. The van der Waals surface area contributed by atoms with Gasteiger partial charge in [-0.25, -0.2) is 8.42 Å². The van der Waals surface area contributed by atoms with Crippen molar-refractivity contribution < 1.29 is 18.0 Å². The molecule has 1 aromatic rings. The van der Waals surface area contributed by atoms with E-state index in [0.717, 1.165) is 0 Å². The Morgan fingerprint density at radius 3 is 2.59 bits per heavy atom. The van der Waals surface area contributed by atoms with Crippen LogP contribution in [0.3, 0.4) is 0 Å². The van der Waals surface area contributed by atoms with E-state index in [1.807, 2.05) is 0 Å². The van der Waals surface area contributed by atoms with Gasteiger partial charge in [-0.05, 0) is 12.1 Å². The maximum Gasteiger partial charge on any atom is 0.255 e. The lowest BCUT2D eigenvalue weighted by atomic mass is 10.1. The minimum absolute atomic E-state index is 0.108. The Hall–Kier alpha value is -1.60. The van der Waals surface area contributed by atoms with E-state index in [1.165, 1.54) is 9.80 Å². The van der Waals surface area contributed by atoms with Gasteiger partial charge in [0.1, 0.15) is 0 Å². The fourth-order valence-electron chi connectivity index (χ4n) is 2.54. The van der Waals surface area contributed by atoms with Crippen molar-refractivity contribution in [1.82, 2.24) is 4.90 Å². The predicted octanol–water partition coefficient (Wildman–Crippen LogP) is 1.31. The summed E-state index contributed by atoms with van der Waals surface area (Å²) >= 11 is 0. The highest BCUT2D eigenvalue weighted by atomic mass is 35.7. The number of hydrogen-bond acceptors (Lipinski definition) is 4. The van der Waals surface area contributed by atoms with Gasteiger partial charge in [0.15, 0.2) is 0 Å². The molecule has 1 saturated heterocycles. The third-order valence-corrected chi connectivity index (χ3v) is 4.72. The second-order valence-electron chi connectivity index (χ2n) is 5.50. The molecule has 2 rings (SSSR count). The van der Waals surface area contributed by atoms with Crippen molar-refractivity contribution in [1.29, 1.82) is 0 Å². The molecule has 0 bridgehead atoms. The third kappa shape index (κ3) is 3.78. The van der Waals surface area contributed by atoms with Crippen LogP contribution in [0.4, 0.5) is 5.69 Å². The van der Waals surface area contributed by atoms with Crippen molar-refractivity contribution in [3.8, 4) is 0 Å². The van der Waals surface area contributed by atoms with Crippen molar-refractivity contribution >= 4 is 37.2 Å². The van der Waals surface area contributed by atoms with Crippen molar-refractivity contribution in [3.05, 3.63) is 29.8 Å². The summed E-state index contributed by atoms with van der Waals surface area (Å²) < 4.78 is 22.4. The zero-order valence-corrected chi connectivity index (χ0v) is 13.9. The smallest absolute Gasteiger partial charge is 0.255 e. The van der Waals surface area contributed by atoms with Gasteiger partial charge in [-0.15, -0.1) is 0 Å². The summed E-state index contributed by atoms with van der Waals surface area (Å²) in [6, 6.07) is 6.80. The Kier molecular flexibility index (Phi) is 4.77. The van der Waals surface area contributed by atoms with Gasteiger partial charge in [-0.2, -0.15) is 0 Å². The summed E-state index contributed by atoms with van der Waals surface area (Å²) in [4.78, 5) is 27.3. The minimum atomic E-state index is -3.66. The quantitative estimate of drug-likeness (QED) is 0.772. The summed E-state index contributed by atoms with van der Waals surface area (Å²) in [6.07, 6.45) is 0.108. The topological polar surface area (TPSA) is 74.8 Å². The van der Waals surface area contributed by atoms with Gasteiger partial charge in [0.25, 0.3) is 5.91 Å². The number of anilines is 1. The predicted molar refractivity (Wildman–Crippen MR) is 84.6 cm³/mol. The SMILES string of the molecule is CN(C)C(=O)c1ccccc1N1CC(CS(=O)(=O)Cl)CC1=O. The molecule has 2 amide bonds. The van der Waals surface area contributed by atoms with E-state index in [2.05, 4.69) is 0 Å². The average molecular weight is 345 g/mol. The molecular weight excluding hydrogens is 328 g/mol. The Morgan fingerprint density at radius 2 is 2.00 bits per heavy atom. The van der Waals surface area contributed by atoms with Crippen molar-refractivity contribution in [3.63, 3.8) is 0 Å². The molecule has 1 fully saturated rings. The number of halogens is 1. The molecule has 1 heterocycles. The van der Waals surface area contributed by atoms with Crippen molar-refractivity contribution in [2.45, 2.75) is 6.42 Å². The zero-order valence-electron chi connectivity index (χ0n) is 12.3. The molecule has 1 aliphatic rings. The lowest BCUT2D eigenvalue weighted by molar-refractivity contribution is -0.117. The maximum absolute atomic E-state index is 12.2. The van der Waals surface area contributed by atoms with Crippen LogP contribution in [-0.2, 0) is 13.8 Å². The monoisotopic (exact) mass is 344 g/mol. The first-order chi connectivity index (χ1) is 10.2. The van der Waals surface area contributed by atoms with Gasteiger partial charge in [0, 0.05) is 43.7 Å². The van der Waals surface area contributed by atoms with Gasteiger partial charge < -0.3 is 9.80 Å². The lowest BCUT2D eigenvalue weighted by Crippen LogP contribution is -2.30. The van der Waals surface area contributed by atoms with Gasteiger partial charge in [-0.1, -0.05) is 12.1 Å². The third-order valence-electron chi connectivity index (χ3n) is 3.47. The Bertz CT molecular complexity index is 703. The summed E-state index contributed by atoms with van der Waals surface area (Å²) in [6.45, 7) is 0.239. The van der Waals surface area contributed by atoms with E-state index in [1.54, 1.807) is 38.4 Å². The zero-order chi connectivity index (χ0) is 16.5. The molecule has 1 atom stereocenters. The van der Waals surface area contributed by atoms with Crippen LogP contribution >= 0.6 is 10.7 Å². The van der Waals surface area contributed by atoms with E-state index in [4.69, 9.17) is 10.7 Å². The molecule has 1 aromatic carbocycles. The summed E-state index contributed by atoms with van der Waals surface area (Å²) in [5, 5.41) is 0. The van der Waals surface area contributed by atoms with E-state index in [0.29, 0.717) is 11.3 Å². The van der Waals surface area contributed by atoms with Crippen LogP contribution in [0, 0.1) is 5.92 Å². The Balaban J connectivity index is 2.29. The average Bonchev–Trinajstić information content (AvgIpc) is 2.76. The first-order valence-electron chi connectivity index (χ1n) is 6.72. The molecule has 0 N–H and O–H groups in total. The molecule has 22 heavy (non-hydrogen) atoms. The van der Waals surface area contributed by atoms with Crippen molar-refractivity contribution in [2.75, 3.05) is 31.3 Å². The van der Waals surface area contributed by atoms with E-state index < -0.39 is 9.05 Å². The maximum atomic E-state index is 12.2. The largest absolute Gasteiger partial charge is 0.345 e. The van der Waals surface area contributed by atoms with Crippen LogP contribution in [-0.4, -0.2) is 51.5 Å². The number of carbonyl (C=O) groups excluding carboxylic acids is 2. The van der Waals surface area contributed by atoms with Crippen LogP contribution in [0.2, 0.25) is 0 Å². The molecule has 0 radical (unpaired) electrons. The van der Waals surface area contributed by atoms with Gasteiger partial charge in [0.2, 0.25) is 15.0 Å². The molecule has 6 nitrogen and oxygen atoms in total. The summed E-state index contributed by atoms with van der Waals surface area (Å²) in [5.41, 5.74) is 0.913. The number of amides is 2. The second kappa shape index (κ2) is 6.26. The van der Waals surface area contributed by atoms with Gasteiger partial charge >= 0.3 is 0 Å². The first-order valence-corrected chi connectivity index (χ1v) is 9.20. The number of carbonyl (C=O) groups is 2. The lowest BCUT2D eigenvalue weighted by Gasteiger charge is -2.21. The molecule has 8 heteroatoms. The standard InChI is InChI=1S/C14H17ClN2O4S/c1-16(2)14(19)11-5-3-4-6-12(11)17-8-10(7-13(17)18)9-22(15,20)21/h3-6,10H,7-9H2,1-2H3. The molecule has 1 unspecified atom stereocenters. The fourth-order valence-corrected chi connectivity index (χ4v) is 3.86. The van der Waals surface area contributed by atoms with Crippen LogP contribution < -0.4 is 4.90 Å². The Labute approximate surface area is 134 Å². The van der Waals surface area contributed by atoms with E-state index in [9.17, 15) is 18.0 Å². The highest BCUT2D eigenvalue weighted by molar-refractivity contribution is 8.13. The van der Waals surface area contributed by atoms with Crippen LogP contribution in [0.25, 0.3) is 0 Å². The number of rotatable bonds is 4. The molecule has 0 saturated carbocycles. The molecular formula is C14H17ClN2O4S. The molecule has 120 valence electrons. The molecule has 1 aliphatic heterocycles.